The van der Waals surface area contributed by atoms with Gasteiger partial charge in [0.2, 0.25) is 5.89 Å². The number of nitrogens with zero attached hydrogens (tertiary/aromatic N) is 4. The number of aromatic nitrogens is 3. The van der Waals surface area contributed by atoms with Gasteiger partial charge in [-0.2, -0.15) is 4.98 Å². The van der Waals surface area contributed by atoms with Gasteiger partial charge in [0.15, 0.2) is 5.82 Å². The Labute approximate surface area is 171 Å². The van der Waals surface area contributed by atoms with Crippen molar-refractivity contribution in [2.45, 2.75) is 39.2 Å². The van der Waals surface area contributed by atoms with Gasteiger partial charge >= 0.3 is 0 Å². The van der Waals surface area contributed by atoms with E-state index in [4.69, 9.17) is 9.26 Å². The van der Waals surface area contributed by atoms with Crippen molar-refractivity contribution < 1.29 is 18.4 Å². The Balaban J connectivity index is 1.39. The zero-order valence-corrected chi connectivity index (χ0v) is 17.0. The van der Waals surface area contributed by atoms with Crippen molar-refractivity contribution in [2.24, 2.45) is 0 Å². The Morgan fingerprint density at radius 2 is 2.10 bits per heavy atom. The van der Waals surface area contributed by atoms with Crippen LogP contribution in [0.5, 0.6) is 5.75 Å². The molecule has 3 aromatic rings. The second kappa shape index (κ2) is 8.28. The molecule has 0 radical (unpaired) electrons. The van der Waals surface area contributed by atoms with Gasteiger partial charge in [0.1, 0.15) is 22.5 Å². The van der Waals surface area contributed by atoms with Crippen LogP contribution in [0.1, 0.15) is 51.0 Å². The van der Waals surface area contributed by atoms with Crippen LogP contribution in [0, 0.1) is 19.7 Å². The molecule has 152 valence electrons. The number of amides is 1. The average molecular weight is 416 g/mol. The molecule has 9 heteroatoms. The van der Waals surface area contributed by atoms with E-state index in [9.17, 15) is 9.18 Å². The molecule has 3 heterocycles. The lowest BCUT2D eigenvalue weighted by atomic mass is 10.2. The van der Waals surface area contributed by atoms with Crippen LogP contribution in [-0.2, 0) is 6.42 Å². The molecule has 0 bridgehead atoms. The first-order chi connectivity index (χ1) is 14.0. The summed E-state index contributed by atoms with van der Waals surface area (Å²) in [4.78, 5) is 24.3. The SMILES string of the molecule is Cc1nc(C)c(C(=O)N2CCCC2c2nc(CCOc3ccc(F)cc3)no2)s1. The van der Waals surface area contributed by atoms with Gasteiger partial charge in [-0.25, -0.2) is 9.37 Å². The minimum absolute atomic E-state index is 0.0324. The highest BCUT2D eigenvalue weighted by atomic mass is 32.1. The Kier molecular flexibility index (Phi) is 5.57. The predicted octanol–water partition coefficient (Wildman–Crippen LogP) is 3.88. The summed E-state index contributed by atoms with van der Waals surface area (Å²) in [5.41, 5.74) is 0.757. The van der Waals surface area contributed by atoms with Crippen molar-refractivity contribution in [2.75, 3.05) is 13.2 Å². The number of rotatable bonds is 6. The molecule has 1 unspecified atom stereocenters. The minimum atomic E-state index is -0.306. The van der Waals surface area contributed by atoms with Crippen molar-refractivity contribution in [3.63, 3.8) is 0 Å². The van der Waals surface area contributed by atoms with Crippen LogP contribution >= 0.6 is 11.3 Å². The third kappa shape index (κ3) is 4.29. The first-order valence-corrected chi connectivity index (χ1v) is 10.3. The van der Waals surface area contributed by atoms with Gasteiger partial charge in [-0.05, 0) is 51.0 Å². The highest BCUT2D eigenvalue weighted by molar-refractivity contribution is 7.13. The molecule has 1 atom stereocenters. The standard InChI is InChI=1S/C20H21FN4O3S/c1-12-18(29-13(2)22-12)20(26)25-10-3-4-16(25)19-23-17(24-28-19)9-11-27-15-7-5-14(21)6-8-15/h5-8,16H,3-4,9-11H2,1-2H3. The summed E-state index contributed by atoms with van der Waals surface area (Å²) >= 11 is 1.41. The second-order valence-corrected chi connectivity index (χ2v) is 8.11. The zero-order valence-electron chi connectivity index (χ0n) is 16.2. The second-order valence-electron chi connectivity index (χ2n) is 6.91. The molecule has 1 aliphatic heterocycles. The van der Waals surface area contributed by atoms with Gasteiger partial charge in [-0.1, -0.05) is 5.16 Å². The maximum atomic E-state index is 13.0. The summed E-state index contributed by atoms with van der Waals surface area (Å²) in [7, 11) is 0. The molecular formula is C20H21FN4O3S. The molecule has 4 rings (SSSR count). The molecular weight excluding hydrogens is 395 g/mol. The molecule has 1 saturated heterocycles. The van der Waals surface area contributed by atoms with Crippen molar-refractivity contribution >= 4 is 17.2 Å². The van der Waals surface area contributed by atoms with Crippen LogP contribution in [0.25, 0.3) is 0 Å². The van der Waals surface area contributed by atoms with Crippen LogP contribution in [0.3, 0.4) is 0 Å². The first-order valence-electron chi connectivity index (χ1n) is 9.47. The van der Waals surface area contributed by atoms with Gasteiger partial charge < -0.3 is 14.2 Å². The number of carbonyl (C=O) groups excluding carboxylic acids is 1. The van der Waals surface area contributed by atoms with E-state index in [2.05, 4.69) is 15.1 Å². The van der Waals surface area contributed by atoms with Crippen LogP contribution in [-0.4, -0.2) is 39.1 Å². The summed E-state index contributed by atoms with van der Waals surface area (Å²) in [5.74, 6) is 1.21. The Morgan fingerprint density at radius 1 is 1.31 bits per heavy atom. The molecule has 1 amide bonds. The fourth-order valence-corrected chi connectivity index (χ4v) is 4.30. The van der Waals surface area contributed by atoms with E-state index in [1.165, 1.54) is 23.5 Å². The molecule has 1 fully saturated rings. The number of carbonyl (C=O) groups is 1. The molecule has 1 aromatic carbocycles. The van der Waals surface area contributed by atoms with E-state index < -0.39 is 0 Å². The van der Waals surface area contributed by atoms with Gasteiger partial charge in [-0.3, -0.25) is 4.79 Å². The van der Waals surface area contributed by atoms with Crippen molar-refractivity contribution in [3.8, 4) is 5.75 Å². The zero-order chi connectivity index (χ0) is 20.4. The highest BCUT2D eigenvalue weighted by Gasteiger charge is 2.35. The molecule has 0 spiro atoms. The maximum absolute atomic E-state index is 13.0. The summed E-state index contributed by atoms with van der Waals surface area (Å²) < 4.78 is 23.9. The topological polar surface area (TPSA) is 81.4 Å². The van der Waals surface area contributed by atoms with Crippen molar-refractivity contribution in [1.29, 1.82) is 0 Å². The summed E-state index contributed by atoms with van der Waals surface area (Å²) in [6.07, 6.45) is 2.13. The smallest absolute Gasteiger partial charge is 0.266 e. The van der Waals surface area contributed by atoms with Crippen LogP contribution in [0.2, 0.25) is 0 Å². The van der Waals surface area contributed by atoms with E-state index in [0.717, 1.165) is 23.5 Å². The first kappa shape index (κ1) is 19.5. The van der Waals surface area contributed by atoms with E-state index >= 15 is 0 Å². The number of hydrogen-bond donors (Lipinski definition) is 0. The molecule has 29 heavy (non-hydrogen) atoms. The third-order valence-electron chi connectivity index (χ3n) is 4.79. The summed E-state index contributed by atoms with van der Waals surface area (Å²) in [6, 6.07) is 5.62. The quantitative estimate of drug-likeness (QED) is 0.607. The fourth-order valence-electron chi connectivity index (χ4n) is 3.42. The van der Waals surface area contributed by atoms with E-state index in [0.29, 0.717) is 41.9 Å². The lowest BCUT2D eigenvalue weighted by Crippen LogP contribution is -2.30. The Hall–Kier alpha value is -2.81. The van der Waals surface area contributed by atoms with Crippen LogP contribution in [0.4, 0.5) is 4.39 Å². The maximum Gasteiger partial charge on any atom is 0.266 e. The van der Waals surface area contributed by atoms with Gasteiger partial charge in [0.05, 0.1) is 17.3 Å². The molecule has 1 aliphatic rings. The van der Waals surface area contributed by atoms with Crippen molar-refractivity contribution in [3.05, 3.63) is 57.4 Å². The summed E-state index contributed by atoms with van der Waals surface area (Å²) in [6.45, 7) is 4.75. The van der Waals surface area contributed by atoms with Crippen LogP contribution in [0.15, 0.2) is 28.8 Å². The number of hydrogen-bond acceptors (Lipinski definition) is 7. The molecule has 0 aliphatic carbocycles. The van der Waals surface area contributed by atoms with Crippen LogP contribution < -0.4 is 4.74 Å². The minimum Gasteiger partial charge on any atom is -0.493 e. The number of thiazole rings is 1. The normalized spacial score (nSPS) is 16.4. The molecule has 2 aromatic heterocycles. The van der Waals surface area contributed by atoms with E-state index in [1.807, 2.05) is 13.8 Å². The number of aryl methyl sites for hydroxylation is 2. The average Bonchev–Trinajstić information content (AvgIpc) is 3.42. The lowest BCUT2D eigenvalue weighted by molar-refractivity contribution is 0.0714. The Bertz CT molecular complexity index is 1000. The lowest BCUT2D eigenvalue weighted by Gasteiger charge is -2.21. The fraction of sp³-hybridized carbons (Fsp3) is 0.400. The molecule has 7 nitrogen and oxygen atoms in total. The monoisotopic (exact) mass is 416 g/mol. The number of halogens is 1. The third-order valence-corrected chi connectivity index (χ3v) is 5.85. The van der Waals surface area contributed by atoms with Gasteiger partial charge in [0.25, 0.3) is 5.91 Å². The number of ether oxygens (including phenoxy) is 1. The largest absolute Gasteiger partial charge is 0.493 e. The molecule has 0 N–H and O–H groups in total. The van der Waals surface area contributed by atoms with Crippen molar-refractivity contribution in [1.82, 2.24) is 20.0 Å². The van der Waals surface area contributed by atoms with Gasteiger partial charge in [-0.15, -0.1) is 11.3 Å². The Morgan fingerprint density at radius 3 is 2.83 bits per heavy atom. The van der Waals surface area contributed by atoms with Gasteiger partial charge in [0, 0.05) is 13.0 Å². The number of benzene rings is 1. The summed E-state index contributed by atoms with van der Waals surface area (Å²) in [5, 5.41) is 4.90. The van der Waals surface area contributed by atoms with E-state index in [-0.39, 0.29) is 17.8 Å². The number of likely N-dealkylation sites (tertiary alicyclic amines) is 1. The highest BCUT2D eigenvalue weighted by Crippen LogP contribution is 2.33. The molecule has 0 saturated carbocycles. The van der Waals surface area contributed by atoms with E-state index in [1.54, 1.807) is 17.0 Å². The predicted molar refractivity (Wildman–Crippen MR) is 104 cm³/mol.